The van der Waals surface area contributed by atoms with E-state index in [1.54, 1.807) is 0 Å². The van der Waals surface area contributed by atoms with Gasteiger partial charge in [-0.3, -0.25) is 0 Å². The molecule has 0 atom stereocenters. The lowest BCUT2D eigenvalue weighted by Crippen LogP contribution is -2.47. The van der Waals surface area contributed by atoms with E-state index in [4.69, 9.17) is 0 Å². The SMILES string of the molecule is CB(C)C1(B(C)C)CC=C(c2cccs2)S1. The van der Waals surface area contributed by atoms with E-state index in [2.05, 4.69) is 62.6 Å². The van der Waals surface area contributed by atoms with E-state index in [1.165, 1.54) is 16.2 Å². The third kappa shape index (κ3) is 2.02. The molecule has 1 aromatic rings. The molecule has 0 aromatic carbocycles. The Morgan fingerprint density at radius 1 is 1.19 bits per heavy atom. The second kappa shape index (κ2) is 4.66. The molecule has 0 bridgehead atoms. The Balaban J connectivity index is 2.21. The standard InChI is InChI=1S/C12H18B2S2/c1-13(2)12(14(3)4)8-7-11(16-12)10-6-5-9-15-10/h5-7,9H,8H2,1-4H3. The summed E-state index contributed by atoms with van der Waals surface area (Å²) in [5.41, 5.74) is 0. The highest BCUT2D eigenvalue weighted by Gasteiger charge is 2.44. The van der Waals surface area contributed by atoms with Crippen molar-refractivity contribution >= 4 is 41.4 Å². The average molecular weight is 248 g/mol. The van der Waals surface area contributed by atoms with Crippen LogP contribution in [0.15, 0.2) is 23.6 Å². The van der Waals surface area contributed by atoms with Crippen molar-refractivity contribution in [2.24, 2.45) is 0 Å². The van der Waals surface area contributed by atoms with Gasteiger partial charge in [0.05, 0.1) is 0 Å². The van der Waals surface area contributed by atoms with Gasteiger partial charge in [0.2, 0.25) is 0 Å². The summed E-state index contributed by atoms with van der Waals surface area (Å²) in [5, 5.41) is 2.17. The summed E-state index contributed by atoms with van der Waals surface area (Å²) in [6.07, 6.45) is 3.66. The first-order valence-electron chi connectivity index (χ1n) is 5.99. The van der Waals surface area contributed by atoms with Crippen molar-refractivity contribution in [3.05, 3.63) is 28.5 Å². The van der Waals surface area contributed by atoms with E-state index in [0.717, 1.165) is 13.4 Å². The Bertz CT molecular complexity index is 372. The molecule has 0 saturated heterocycles. The summed E-state index contributed by atoms with van der Waals surface area (Å²) < 4.78 is 0.416. The first-order valence-corrected chi connectivity index (χ1v) is 7.69. The minimum atomic E-state index is 0.416. The molecule has 2 rings (SSSR count). The van der Waals surface area contributed by atoms with Crippen molar-refractivity contribution in [2.75, 3.05) is 0 Å². The van der Waals surface area contributed by atoms with Crippen molar-refractivity contribution in [3.8, 4) is 0 Å². The van der Waals surface area contributed by atoms with Gasteiger partial charge in [-0.15, -0.1) is 23.1 Å². The molecule has 84 valence electrons. The topological polar surface area (TPSA) is 0 Å². The van der Waals surface area contributed by atoms with Crippen molar-refractivity contribution in [1.29, 1.82) is 0 Å². The zero-order chi connectivity index (χ0) is 11.8. The van der Waals surface area contributed by atoms with E-state index in [-0.39, 0.29) is 0 Å². The maximum absolute atomic E-state index is 2.44. The van der Waals surface area contributed by atoms with Crippen LogP contribution in [-0.2, 0) is 0 Å². The fourth-order valence-corrected chi connectivity index (χ4v) is 4.80. The Morgan fingerprint density at radius 3 is 2.31 bits per heavy atom. The largest absolute Gasteiger partial charge is 0.144 e. The Labute approximate surface area is 108 Å². The van der Waals surface area contributed by atoms with Gasteiger partial charge in [0.15, 0.2) is 0 Å². The second-order valence-electron chi connectivity index (χ2n) is 5.12. The third-order valence-corrected chi connectivity index (χ3v) is 6.75. The molecule has 0 amide bonds. The van der Waals surface area contributed by atoms with Crippen molar-refractivity contribution in [3.63, 3.8) is 0 Å². The molecule has 0 unspecified atom stereocenters. The summed E-state index contributed by atoms with van der Waals surface area (Å²) in [6.45, 7) is 10.9. The van der Waals surface area contributed by atoms with E-state index in [9.17, 15) is 0 Å². The highest BCUT2D eigenvalue weighted by Crippen LogP contribution is 2.50. The monoisotopic (exact) mass is 248 g/mol. The maximum atomic E-state index is 2.44. The predicted molar refractivity (Wildman–Crippen MR) is 82.2 cm³/mol. The lowest BCUT2D eigenvalue weighted by molar-refractivity contribution is 1.05. The fraction of sp³-hybridized carbons (Fsp3) is 0.500. The third-order valence-electron chi connectivity index (χ3n) is 3.63. The highest BCUT2D eigenvalue weighted by atomic mass is 32.2. The smallest absolute Gasteiger partial charge is 0.143 e. The van der Waals surface area contributed by atoms with Gasteiger partial charge in [-0.25, -0.2) is 0 Å². The zero-order valence-electron chi connectivity index (χ0n) is 10.5. The fourth-order valence-electron chi connectivity index (χ4n) is 2.48. The van der Waals surface area contributed by atoms with Gasteiger partial charge in [-0.05, 0) is 22.4 Å². The van der Waals surface area contributed by atoms with Gasteiger partial charge in [0, 0.05) is 9.78 Å². The van der Waals surface area contributed by atoms with Crippen LogP contribution in [-0.4, -0.2) is 18.0 Å². The Kier molecular flexibility index (Phi) is 3.60. The zero-order valence-corrected chi connectivity index (χ0v) is 12.1. The van der Waals surface area contributed by atoms with Crippen LogP contribution in [0.4, 0.5) is 0 Å². The summed E-state index contributed by atoms with van der Waals surface area (Å²) in [4.78, 5) is 2.94. The highest BCUT2D eigenvalue weighted by molar-refractivity contribution is 8.12. The molecule has 0 spiro atoms. The van der Waals surface area contributed by atoms with Gasteiger partial charge < -0.3 is 0 Å². The molecule has 0 N–H and O–H groups in total. The predicted octanol–water partition coefficient (Wildman–Crippen LogP) is 4.55. The summed E-state index contributed by atoms with van der Waals surface area (Å²) in [5.74, 6) is 0. The lowest BCUT2D eigenvalue weighted by atomic mass is 9.23. The normalized spacial score (nSPS) is 18.4. The van der Waals surface area contributed by atoms with Gasteiger partial charge in [0.1, 0.15) is 13.4 Å². The second-order valence-corrected chi connectivity index (χ2v) is 7.47. The molecule has 1 aromatic heterocycles. The molecule has 16 heavy (non-hydrogen) atoms. The molecule has 0 radical (unpaired) electrons. The minimum absolute atomic E-state index is 0.416. The number of rotatable bonds is 3. The number of hydrogen-bond donors (Lipinski definition) is 0. The van der Waals surface area contributed by atoms with E-state index in [0.29, 0.717) is 4.55 Å². The molecule has 0 fully saturated rings. The first-order chi connectivity index (χ1) is 7.56. The quantitative estimate of drug-likeness (QED) is 0.707. The molecule has 0 saturated carbocycles. The van der Waals surface area contributed by atoms with Gasteiger partial charge >= 0.3 is 0 Å². The van der Waals surface area contributed by atoms with Crippen LogP contribution < -0.4 is 0 Å². The van der Waals surface area contributed by atoms with Crippen molar-refractivity contribution in [1.82, 2.24) is 0 Å². The molecule has 1 aliphatic rings. The van der Waals surface area contributed by atoms with Gasteiger partial charge in [-0.2, -0.15) is 0 Å². The van der Waals surface area contributed by atoms with Gasteiger partial charge in [-0.1, -0.05) is 39.4 Å². The lowest BCUT2D eigenvalue weighted by Gasteiger charge is -2.34. The van der Waals surface area contributed by atoms with Crippen LogP contribution >= 0.6 is 23.1 Å². The maximum Gasteiger partial charge on any atom is 0.144 e. The van der Waals surface area contributed by atoms with E-state index >= 15 is 0 Å². The number of thiophene rings is 1. The van der Waals surface area contributed by atoms with Crippen LogP contribution in [0.3, 0.4) is 0 Å². The summed E-state index contributed by atoms with van der Waals surface area (Å²) in [7, 11) is 0. The van der Waals surface area contributed by atoms with Crippen molar-refractivity contribution < 1.29 is 0 Å². The number of thioether (sulfide) groups is 1. The first kappa shape index (κ1) is 12.4. The van der Waals surface area contributed by atoms with Crippen molar-refractivity contribution in [2.45, 2.75) is 38.3 Å². The van der Waals surface area contributed by atoms with Crippen LogP contribution in [0, 0.1) is 0 Å². The van der Waals surface area contributed by atoms with Gasteiger partial charge in [0.25, 0.3) is 0 Å². The van der Waals surface area contributed by atoms with E-state index in [1.807, 2.05) is 11.3 Å². The Hall–Kier alpha value is -0.0801. The van der Waals surface area contributed by atoms with Crippen LogP contribution in [0.25, 0.3) is 4.91 Å². The van der Waals surface area contributed by atoms with Crippen LogP contribution in [0.2, 0.25) is 27.3 Å². The summed E-state index contributed by atoms with van der Waals surface area (Å²) >= 11 is 3.96. The molecule has 0 nitrogen and oxygen atoms in total. The Morgan fingerprint density at radius 2 is 1.88 bits per heavy atom. The molecular weight excluding hydrogens is 230 g/mol. The molecule has 4 heteroatoms. The summed E-state index contributed by atoms with van der Waals surface area (Å²) in [6, 6.07) is 4.38. The minimum Gasteiger partial charge on any atom is -0.143 e. The molecule has 2 heterocycles. The van der Waals surface area contributed by atoms with E-state index < -0.39 is 0 Å². The molecular formula is C12H18B2S2. The van der Waals surface area contributed by atoms with Crippen LogP contribution in [0.5, 0.6) is 0 Å². The number of allylic oxidation sites excluding steroid dienone is 1. The molecule has 0 aliphatic carbocycles. The molecule has 1 aliphatic heterocycles. The van der Waals surface area contributed by atoms with Crippen LogP contribution in [0.1, 0.15) is 11.3 Å². The average Bonchev–Trinajstić information content (AvgIpc) is 2.87. The number of hydrogen-bond acceptors (Lipinski definition) is 2.